The second-order valence-corrected chi connectivity index (χ2v) is 6.60. The zero-order valence-electron chi connectivity index (χ0n) is 10.0. The van der Waals surface area contributed by atoms with Crippen molar-refractivity contribution in [1.82, 2.24) is 0 Å². The van der Waals surface area contributed by atoms with E-state index in [-0.39, 0.29) is 11.4 Å². The molecule has 1 aliphatic rings. The van der Waals surface area contributed by atoms with Crippen LogP contribution in [0, 0.1) is 5.82 Å². The van der Waals surface area contributed by atoms with Crippen molar-refractivity contribution in [1.29, 1.82) is 0 Å². The van der Waals surface area contributed by atoms with Gasteiger partial charge >= 0.3 is 0 Å². The van der Waals surface area contributed by atoms with Crippen LogP contribution < -0.4 is 10.5 Å². The van der Waals surface area contributed by atoms with Gasteiger partial charge in [-0.3, -0.25) is 4.72 Å². The molecule has 0 atom stereocenters. The van der Waals surface area contributed by atoms with E-state index in [0.717, 1.165) is 25.3 Å². The molecule has 3 N–H and O–H groups in total. The smallest absolute Gasteiger partial charge is 0.235 e. The summed E-state index contributed by atoms with van der Waals surface area (Å²) in [5, 5.41) is -0.395. The predicted octanol–water partition coefficient (Wildman–Crippen LogP) is 2.48. The molecule has 0 saturated heterocycles. The van der Waals surface area contributed by atoms with Crippen molar-refractivity contribution in [3.05, 3.63) is 24.0 Å². The fourth-order valence-corrected chi connectivity index (χ4v) is 3.83. The lowest BCUT2D eigenvalue weighted by Gasteiger charge is -2.22. The molecule has 2 rings (SSSR count). The molecule has 100 valence electrons. The molecule has 0 unspecified atom stereocenters. The van der Waals surface area contributed by atoms with E-state index in [1.807, 2.05) is 0 Å². The van der Waals surface area contributed by atoms with E-state index in [2.05, 4.69) is 4.72 Å². The van der Waals surface area contributed by atoms with Crippen LogP contribution in [-0.4, -0.2) is 13.7 Å². The van der Waals surface area contributed by atoms with Crippen molar-refractivity contribution in [3.8, 4) is 0 Å². The van der Waals surface area contributed by atoms with Gasteiger partial charge in [-0.2, -0.15) is 0 Å². The van der Waals surface area contributed by atoms with E-state index >= 15 is 0 Å². The highest BCUT2D eigenvalue weighted by molar-refractivity contribution is 7.93. The minimum atomic E-state index is -3.47. The Morgan fingerprint density at radius 1 is 1.22 bits per heavy atom. The van der Waals surface area contributed by atoms with Gasteiger partial charge in [-0.05, 0) is 25.0 Å². The first-order valence-electron chi connectivity index (χ1n) is 6.06. The molecular formula is C12H17FN2O2S. The van der Waals surface area contributed by atoms with Crippen molar-refractivity contribution < 1.29 is 12.8 Å². The van der Waals surface area contributed by atoms with Crippen LogP contribution in [0.1, 0.15) is 32.1 Å². The maximum atomic E-state index is 13.1. The SMILES string of the molecule is Nc1ccc(F)cc1NS(=O)(=O)C1CCCCC1. The summed E-state index contributed by atoms with van der Waals surface area (Å²) < 4.78 is 39.7. The average molecular weight is 272 g/mol. The number of nitrogens with one attached hydrogen (secondary N) is 1. The van der Waals surface area contributed by atoms with Gasteiger partial charge < -0.3 is 5.73 Å². The first kappa shape index (κ1) is 13.1. The van der Waals surface area contributed by atoms with Crippen molar-refractivity contribution in [2.24, 2.45) is 0 Å². The van der Waals surface area contributed by atoms with Crippen molar-refractivity contribution >= 4 is 21.4 Å². The molecule has 1 saturated carbocycles. The summed E-state index contributed by atoms with van der Waals surface area (Å²) >= 11 is 0. The fourth-order valence-electron chi connectivity index (χ4n) is 2.23. The molecule has 6 heteroatoms. The molecule has 1 aromatic carbocycles. The Hall–Kier alpha value is -1.30. The minimum absolute atomic E-state index is 0.126. The number of rotatable bonds is 3. The molecule has 0 aliphatic heterocycles. The Labute approximate surface area is 106 Å². The molecule has 0 heterocycles. The van der Waals surface area contributed by atoms with Crippen LogP contribution in [0.2, 0.25) is 0 Å². The highest BCUT2D eigenvalue weighted by Crippen LogP contribution is 2.27. The molecule has 0 radical (unpaired) electrons. The molecule has 0 spiro atoms. The van der Waals surface area contributed by atoms with Crippen molar-refractivity contribution in [2.75, 3.05) is 10.5 Å². The van der Waals surface area contributed by atoms with Crippen LogP contribution in [0.15, 0.2) is 18.2 Å². The summed E-state index contributed by atoms with van der Waals surface area (Å²) in [5.41, 5.74) is 5.99. The maximum absolute atomic E-state index is 13.1. The van der Waals surface area contributed by atoms with E-state index < -0.39 is 21.1 Å². The van der Waals surface area contributed by atoms with Crippen molar-refractivity contribution in [2.45, 2.75) is 37.4 Å². The van der Waals surface area contributed by atoms with Gasteiger partial charge in [0.2, 0.25) is 10.0 Å². The zero-order valence-corrected chi connectivity index (χ0v) is 10.8. The molecule has 18 heavy (non-hydrogen) atoms. The monoisotopic (exact) mass is 272 g/mol. The number of nitrogen functional groups attached to an aromatic ring is 1. The molecule has 0 bridgehead atoms. The highest BCUT2D eigenvalue weighted by atomic mass is 32.2. The standard InChI is InChI=1S/C12H17FN2O2S/c13-9-6-7-11(14)12(8-9)15-18(16,17)10-4-2-1-3-5-10/h6-8,10,15H,1-5,14H2. The average Bonchev–Trinajstić information content (AvgIpc) is 2.35. The molecule has 4 nitrogen and oxygen atoms in total. The largest absolute Gasteiger partial charge is 0.397 e. The number of sulfonamides is 1. The number of anilines is 2. The van der Waals surface area contributed by atoms with Gasteiger partial charge in [-0.1, -0.05) is 19.3 Å². The van der Waals surface area contributed by atoms with Crippen molar-refractivity contribution in [3.63, 3.8) is 0 Å². The number of hydrogen-bond donors (Lipinski definition) is 2. The first-order valence-corrected chi connectivity index (χ1v) is 7.60. The minimum Gasteiger partial charge on any atom is -0.397 e. The van der Waals surface area contributed by atoms with Gasteiger partial charge in [0.15, 0.2) is 0 Å². The lowest BCUT2D eigenvalue weighted by atomic mass is 10.0. The lowest BCUT2D eigenvalue weighted by molar-refractivity contribution is 0.486. The number of hydrogen-bond acceptors (Lipinski definition) is 3. The molecule has 0 amide bonds. The van der Waals surface area contributed by atoms with E-state index in [1.165, 1.54) is 12.1 Å². The van der Waals surface area contributed by atoms with Crippen LogP contribution >= 0.6 is 0 Å². The Bertz CT molecular complexity index is 525. The van der Waals surface area contributed by atoms with Crippen LogP contribution in [0.25, 0.3) is 0 Å². The van der Waals surface area contributed by atoms with Crippen LogP contribution in [-0.2, 0) is 10.0 Å². The third kappa shape index (κ3) is 2.93. The molecular weight excluding hydrogens is 255 g/mol. The van der Waals surface area contributed by atoms with Gasteiger partial charge in [0.1, 0.15) is 5.82 Å². The van der Waals surface area contributed by atoms with E-state index in [1.54, 1.807) is 0 Å². The van der Waals surface area contributed by atoms with Gasteiger partial charge in [-0.15, -0.1) is 0 Å². The van der Waals surface area contributed by atoms with Gasteiger partial charge in [0, 0.05) is 6.07 Å². The molecule has 0 aromatic heterocycles. The normalized spacial score (nSPS) is 17.6. The summed E-state index contributed by atoms with van der Waals surface area (Å²) in [7, 11) is -3.47. The lowest BCUT2D eigenvalue weighted by Crippen LogP contribution is -2.30. The topological polar surface area (TPSA) is 72.2 Å². The second-order valence-electron chi connectivity index (χ2n) is 4.64. The van der Waals surface area contributed by atoms with E-state index in [0.29, 0.717) is 12.8 Å². The Morgan fingerprint density at radius 3 is 2.56 bits per heavy atom. The Morgan fingerprint density at radius 2 is 1.89 bits per heavy atom. The van der Waals surface area contributed by atoms with E-state index in [4.69, 9.17) is 5.73 Å². The summed E-state index contributed by atoms with van der Waals surface area (Å²) in [6.07, 6.45) is 4.23. The summed E-state index contributed by atoms with van der Waals surface area (Å²) in [5.74, 6) is -0.509. The van der Waals surface area contributed by atoms with E-state index in [9.17, 15) is 12.8 Å². The zero-order chi connectivity index (χ0) is 13.2. The highest BCUT2D eigenvalue weighted by Gasteiger charge is 2.27. The Balaban J connectivity index is 2.18. The van der Waals surface area contributed by atoms with Gasteiger partial charge in [0.25, 0.3) is 0 Å². The van der Waals surface area contributed by atoms with Crippen LogP contribution in [0.3, 0.4) is 0 Å². The van der Waals surface area contributed by atoms with Gasteiger partial charge in [-0.25, -0.2) is 12.8 Å². The third-order valence-electron chi connectivity index (χ3n) is 3.26. The second kappa shape index (κ2) is 5.14. The summed E-state index contributed by atoms with van der Waals surface area (Å²) in [6.45, 7) is 0. The predicted molar refractivity (Wildman–Crippen MR) is 70.2 cm³/mol. The summed E-state index contributed by atoms with van der Waals surface area (Å²) in [6, 6.07) is 3.66. The third-order valence-corrected chi connectivity index (χ3v) is 5.11. The Kier molecular flexibility index (Phi) is 3.75. The van der Waals surface area contributed by atoms with Crippen LogP contribution in [0.5, 0.6) is 0 Å². The first-order chi connectivity index (χ1) is 8.49. The number of halogens is 1. The molecule has 1 aliphatic carbocycles. The quantitative estimate of drug-likeness (QED) is 0.830. The number of benzene rings is 1. The maximum Gasteiger partial charge on any atom is 0.235 e. The fraction of sp³-hybridized carbons (Fsp3) is 0.500. The van der Waals surface area contributed by atoms with Gasteiger partial charge in [0.05, 0.1) is 16.6 Å². The molecule has 1 fully saturated rings. The molecule has 1 aromatic rings. The number of nitrogens with two attached hydrogens (primary N) is 1. The summed E-state index contributed by atoms with van der Waals surface area (Å²) in [4.78, 5) is 0. The van der Waals surface area contributed by atoms with Crippen LogP contribution in [0.4, 0.5) is 15.8 Å².